The molecular formula is C20H28FIN6. The van der Waals surface area contributed by atoms with Gasteiger partial charge in [-0.25, -0.2) is 14.4 Å². The molecule has 6 nitrogen and oxygen atoms in total. The molecule has 3 rings (SSSR count). The van der Waals surface area contributed by atoms with Crippen LogP contribution in [0.25, 0.3) is 0 Å². The van der Waals surface area contributed by atoms with E-state index in [2.05, 4.69) is 31.2 Å². The molecule has 1 aliphatic rings. The second-order valence-electron chi connectivity index (χ2n) is 6.97. The Bertz CT molecular complexity index is 773. The molecule has 28 heavy (non-hydrogen) atoms. The third-order valence-corrected chi connectivity index (χ3v) is 4.47. The van der Waals surface area contributed by atoms with E-state index in [0.29, 0.717) is 12.5 Å². The molecule has 1 saturated heterocycles. The predicted octanol–water partition coefficient (Wildman–Crippen LogP) is 2.98. The van der Waals surface area contributed by atoms with E-state index >= 15 is 0 Å². The quantitative estimate of drug-likeness (QED) is 0.377. The summed E-state index contributed by atoms with van der Waals surface area (Å²) in [5.74, 6) is 1.21. The Labute approximate surface area is 183 Å². The Balaban J connectivity index is 0.00000280. The highest BCUT2D eigenvalue weighted by Gasteiger charge is 2.18. The Morgan fingerprint density at radius 2 is 1.79 bits per heavy atom. The minimum atomic E-state index is -0.203. The van der Waals surface area contributed by atoms with E-state index in [1.807, 2.05) is 38.2 Å². The third-order valence-electron chi connectivity index (χ3n) is 4.47. The Hall–Kier alpha value is -2.10. The van der Waals surface area contributed by atoms with Crippen LogP contribution in [-0.2, 0) is 6.54 Å². The first kappa shape index (κ1) is 22.2. The van der Waals surface area contributed by atoms with Gasteiger partial charge in [-0.3, -0.25) is 0 Å². The van der Waals surface area contributed by atoms with E-state index < -0.39 is 0 Å². The van der Waals surface area contributed by atoms with Crippen LogP contribution in [0, 0.1) is 5.82 Å². The van der Waals surface area contributed by atoms with Gasteiger partial charge in [-0.05, 0) is 55.8 Å². The molecule has 1 aromatic heterocycles. The van der Waals surface area contributed by atoms with Gasteiger partial charge in [0.15, 0.2) is 5.96 Å². The smallest absolute Gasteiger partial charge is 0.189 e. The van der Waals surface area contributed by atoms with Gasteiger partial charge in [0.05, 0.1) is 6.54 Å². The van der Waals surface area contributed by atoms with Crippen LogP contribution >= 0.6 is 24.0 Å². The zero-order valence-electron chi connectivity index (χ0n) is 16.3. The van der Waals surface area contributed by atoms with Crippen molar-refractivity contribution in [2.45, 2.75) is 26.4 Å². The van der Waals surface area contributed by atoms with E-state index in [1.54, 1.807) is 0 Å². The van der Waals surface area contributed by atoms with Crippen molar-refractivity contribution in [2.24, 2.45) is 10.7 Å². The zero-order chi connectivity index (χ0) is 19.2. The molecule has 0 amide bonds. The molecule has 2 heterocycles. The Morgan fingerprint density at radius 3 is 2.43 bits per heavy atom. The molecule has 1 fully saturated rings. The number of benzene rings is 1. The maximum absolute atomic E-state index is 13.1. The van der Waals surface area contributed by atoms with Crippen LogP contribution in [0.3, 0.4) is 0 Å². The minimum Gasteiger partial charge on any atom is -0.370 e. The number of guanidine groups is 1. The molecule has 152 valence electrons. The largest absolute Gasteiger partial charge is 0.370 e. The van der Waals surface area contributed by atoms with Gasteiger partial charge in [0, 0.05) is 44.1 Å². The van der Waals surface area contributed by atoms with Gasteiger partial charge in [-0.2, -0.15) is 0 Å². The summed E-state index contributed by atoms with van der Waals surface area (Å²) in [5.41, 5.74) is 8.00. The van der Waals surface area contributed by atoms with Crippen molar-refractivity contribution in [3.05, 3.63) is 54.0 Å². The number of hydrogen-bond acceptors (Lipinski definition) is 4. The SMILES string of the molecule is CC(C)NC(N)=NCc1ccnc(N2CCN(c3ccc(F)cc3)CC2)c1.I. The summed E-state index contributed by atoms with van der Waals surface area (Å²) in [6, 6.07) is 11.0. The van der Waals surface area contributed by atoms with Gasteiger partial charge >= 0.3 is 0 Å². The molecule has 2 aromatic rings. The molecule has 0 atom stereocenters. The molecule has 0 aliphatic carbocycles. The second-order valence-corrected chi connectivity index (χ2v) is 6.97. The molecular weight excluding hydrogens is 470 g/mol. The Kier molecular flexibility index (Phi) is 8.28. The maximum atomic E-state index is 13.1. The minimum absolute atomic E-state index is 0. The summed E-state index contributed by atoms with van der Waals surface area (Å²) >= 11 is 0. The van der Waals surface area contributed by atoms with Crippen molar-refractivity contribution in [2.75, 3.05) is 36.0 Å². The third kappa shape index (κ3) is 6.22. The fraction of sp³-hybridized carbons (Fsp3) is 0.400. The van der Waals surface area contributed by atoms with Crippen LogP contribution in [0.5, 0.6) is 0 Å². The van der Waals surface area contributed by atoms with Gasteiger partial charge in [-0.1, -0.05) is 0 Å². The van der Waals surface area contributed by atoms with Crippen LogP contribution in [0.2, 0.25) is 0 Å². The molecule has 0 saturated carbocycles. The first-order chi connectivity index (χ1) is 13.0. The number of halogens is 2. The van der Waals surface area contributed by atoms with Gasteiger partial charge in [0.1, 0.15) is 11.6 Å². The van der Waals surface area contributed by atoms with Crippen LogP contribution in [0.1, 0.15) is 19.4 Å². The number of pyridine rings is 1. The molecule has 0 spiro atoms. The maximum Gasteiger partial charge on any atom is 0.189 e. The number of aliphatic imine (C=N–C) groups is 1. The van der Waals surface area contributed by atoms with Crippen LogP contribution in [-0.4, -0.2) is 43.2 Å². The topological polar surface area (TPSA) is 69.8 Å². The number of rotatable bonds is 5. The van der Waals surface area contributed by atoms with Crippen molar-refractivity contribution in [1.29, 1.82) is 0 Å². The lowest BCUT2D eigenvalue weighted by atomic mass is 10.2. The lowest BCUT2D eigenvalue weighted by molar-refractivity contribution is 0.624. The monoisotopic (exact) mass is 498 g/mol. The fourth-order valence-corrected chi connectivity index (χ4v) is 3.10. The fourth-order valence-electron chi connectivity index (χ4n) is 3.10. The lowest BCUT2D eigenvalue weighted by Crippen LogP contribution is -2.46. The summed E-state index contributed by atoms with van der Waals surface area (Å²) in [6.07, 6.45) is 1.82. The highest BCUT2D eigenvalue weighted by Crippen LogP contribution is 2.20. The standard InChI is InChI=1S/C20H27FN6.HI/c1-15(2)25-20(22)24-14-16-7-8-23-19(13-16)27-11-9-26(10-12-27)18-5-3-17(21)4-6-18;/h3-8,13,15H,9-12,14H2,1-2H3,(H3,22,24,25);1H. The summed E-state index contributed by atoms with van der Waals surface area (Å²) in [4.78, 5) is 13.4. The van der Waals surface area contributed by atoms with E-state index in [-0.39, 0.29) is 35.8 Å². The molecule has 1 aromatic carbocycles. The van der Waals surface area contributed by atoms with E-state index in [0.717, 1.165) is 43.2 Å². The van der Waals surface area contributed by atoms with Crippen molar-refractivity contribution in [3.63, 3.8) is 0 Å². The molecule has 0 unspecified atom stereocenters. The van der Waals surface area contributed by atoms with Crippen molar-refractivity contribution in [3.8, 4) is 0 Å². The van der Waals surface area contributed by atoms with Crippen molar-refractivity contribution in [1.82, 2.24) is 10.3 Å². The molecule has 0 radical (unpaired) electrons. The summed E-state index contributed by atoms with van der Waals surface area (Å²) in [6.45, 7) is 8.07. The summed E-state index contributed by atoms with van der Waals surface area (Å²) < 4.78 is 13.1. The predicted molar refractivity (Wildman–Crippen MR) is 124 cm³/mol. The van der Waals surface area contributed by atoms with Crippen LogP contribution in [0.4, 0.5) is 15.9 Å². The average molecular weight is 498 g/mol. The van der Waals surface area contributed by atoms with Gasteiger partial charge < -0.3 is 20.9 Å². The van der Waals surface area contributed by atoms with E-state index in [4.69, 9.17) is 5.73 Å². The lowest BCUT2D eigenvalue weighted by Gasteiger charge is -2.36. The number of nitrogens with zero attached hydrogens (tertiary/aromatic N) is 4. The highest BCUT2D eigenvalue weighted by molar-refractivity contribution is 14.0. The van der Waals surface area contributed by atoms with Crippen LogP contribution in [0.15, 0.2) is 47.6 Å². The second kappa shape index (κ2) is 10.4. The van der Waals surface area contributed by atoms with E-state index in [1.165, 1.54) is 12.1 Å². The number of aromatic nitrogens is 1. The number of piperazine rings is 1. The zero-order valence-corrected chi connectivity index (χ0v) is 18.6. The summed E-state index contributed by atoms with van der Waals surface area (Å²) in [7, 11) is 0. The molecule has 8 heteroatoms. The Morgan fingerprint density at radius 1 is 1.14 bits per heavy atom. The summed E-state index contributed by atoms with van der Waals surface area (Å²) in [5, 5.41) is 3.09. The van der Waals surface area contributed by atoms with Crippen molar-refractivity contribution < 1.29 is 4.39 Å². The van der Waals surface area contributed by atoms with Crippen LogP contribution < -0.4 is 20.9 Å². The molecule has 1 aliphatic heterocycles. The normalized spacial score (nSPS) is 14.8. The van der Waals surface area contributed by atoms with E-state index in [9.17, 15) is 4.39 Å². The number of anilines is 2. The molecule has 0 bridgehead atoms. The number of hydrogen-bond donors (Lipinski definition) is 2. The number of nitrogens with two attached hydrogens (primary N) is 1. The van der Waals surface area contributed by atoms with Gasteiger partial charge in [0.25, 0.3) is 0 Å². The van der Waals surface area contributed by atoms with Gasteiger partial charge in [0.2, 0.25) is 0 Å². The highest BCUT2D eigenvalue weighted by atomic mass is 127. The first-order valence-corrected chi connectivity index (χ1v) is 9.28. The van der Waals surface area contributed by atoms with Crippen molar-refractivity contribution >= 4 is 41.4 Å². The first-order valence-electron chi connectivity index (χ1n) is 9.28. The molecule has 3 N–H and O–H groups in total. The average Bonchev–Trinajstić information content (AvgIpc) is 2.67. The van der Waals surface area contributed by atoms with Gasteiger partial charge in [-0.15, -0.1) is 24.0 Å². The number of nitrogens with one attached hydrogen (secondary N) is 1.